The van der Waals surface area contributed by atoms with Gasteiger partial charge < -0.3 is 19.3 Å². The number of ketones is 2. The minimum Gasteiger partial charge on any atom is -0.511 e. The third-order valence-corrected chi connectivity index (χ3v) is 15.5. The number of carbonyl (C=O) groups excluding carboxylic acids is 5. The molecule has 0 aromatic carbocycles. The monoisotopic (exact) mass is 1160 g/mol. The maximum absolute atomic E-state index is 12.9. The number of esters is 3. The molecule has 0 radical (unpaired) electrons. The molecule has 0 amide bonds. The van der Waals surface area contributed by atoms with Crippen molar-refractivity contribution in [3.05, 3.63) is 46.7 Å². The Balaban J connectivity index is 4.71. The van der Waals surface area contributed by atoms with Gasteiger partial charge in [0.05, 0.1) is 4.48 Å². The van der Waals surface area contributed by atoms with Crippen LogP contribution < -0.4 is 0 Å². The number of aliphatic hydroxyl groups is 1. The largest absolute Gasteiger partial charge is 0.511 e. The van der Waals surface area contributed by atoms with Crippen LogP contribution in [0.3, 0.4) is 0 Å². The molecule has 0 saturated heterocycles. The Labute approximate surface area is 445 Å². The highest BCUT2D eigenvalue weighted by molar-refractivity contribution is 9.12. The van der Waals surface area contributed by atoms with Crippen molar-refractivity contribution < 1.29 is 43.3 Å². The van der Waals surface area contributed by atoms with E-state index in [9.17, 15) is 29.1 Å². The van der Waals surface area contributed by atoms with Crippen LogP contribution in [0.5, 0.6) is 0 Å². The van der Waals surface area contributed by atoms with E-state index in [1.165, 1.54) is 38.5 Å². The van der Waals surface area contributed by atoms with Crippen LogP contribution in [0.2, 0.25) is 0 Å². The SMILES string of the molecule is CCCCCCC(=O)C/C=C/CCCCCCCC(=O)OC(COC(=O)CCCCC/C=C/C=C/C(Br)=C(\O)CCCCCC)COC(=O)CCCCCCCC(Br)C(Br)CC(=O)CCCCCC. The topological polar surface area (TPSA) is 133 Å². The molecule has 0 heterocycles. The van der Waals surface area contributed by atoms with E-state index >= 15 is 0 Å². The lowest BCUT2D eigenvalue weighted by atomic mass is 10.0. The van der Waals surface area contributed by atoms with Gasteiger partial charge >= 0.3 is 17.9 Å². The summed E-state index contributed by atoms with van der Waals surface area (Å²) in [5.41, 5.74) is 0. The van der Waals surface area contributed by atoms with Gasteiger partial charge in [0, 0.05) is 61.0 Å². The lowest BCUT2D eigenvalue weighted by Crippen LogP contribution is -2.30. The molecule has 0 aliphatic carbocycles. The Morgan fingerprint density at radius 2 is 0.928 bits per heavy atom. The standard InChI is InChI=1S/C57H95Br3O9/c1-4-7-10-27-36-48(61)37-29-21-16-13-14-18-25-35-44-57(66)69-50(46-67-55(64)42-33-24-19-15-17-22-31-40-52(59)54(63)41-32-12-9-6-3)47-68-56(65)43-34-26-20-23-30-39-51(58)53(60)45-49(62)38-28-11-8-5-2/h17,21-22,29,31,40,50-51,53,63H,4-16,18-20,23-28,30,32-39,41-47H2,1-3H3/b22-17+,29-21+,40-31+,54-52+. The van der Waals surface area contributed by atoms with Crippen molar-refractivity contribution >= 4 is 77.3 Å². The van der Waals surface area contributed by atoms with Crippen molar-refractivity contribution in [2.45, 2.75) is 268 Å². The van der Waals surface area contributed by atoms with Crippen LogP contribution in [0.15, 0.2) is 46.7 Å². The van der Waals surface area contributed by atoms with Gasteiger partial charge in [-0.25, -0.2) is 0 Å². The van der Waals surface area contributed by atoms with Crippen LogP contribution in [0.4, 0.5) is 0 Å². The van der Waals surface area contributed by atoms with Gasteiger partial charge in [-0.2, -0.15) is 0 Å². The molecule has 398 valence electrons. The number of hydrogen-bond acceptors (Lipinski definition) is 9. The van der Waals surface area contributed by atoms with Gasteiger partial charge in [-0.3, -0.25) is 24.0 Å². The fraction of sp³-hybridized carbons (Fsp3) is 0.772. The minimum atomic E-state index is -0.872. The number of alkyl halides is 2. The third kappa shape index (κ3) is 45.5. The Bertz CT molecular complexity index is 1440. The zero-order valence-corrected chi connectivity index (χ0v) is 48.2. The molecular weight excluding hydrogens is 1070 g/mol. The predicted molar refractivity (Wildman–Crippen MR) is 296 cm³/mol. The highest BCUT2D eigenvalue weighted by Gasteiger charge is 2.21. The molecule has 0 saturated carbocycles. The van der Waals surface area contributed by atoms with Crippen molar-refractivity contribution in [2.75, 3.05) is 13.2 Å². The van der Waals surface area contributed by atoms with E-state index in [0.29, 0.717) is 73.2 Å². The molecule has 69 heavy (non-hydrogen) atoms. The fourth-order valence-corrected chi connectivity index (χ4v) is 9.08. The highest BCUT2D eigenvalue weighted by Crippen LogP contribution is 2.25. The first-order valence-electron chi connectivity index (χ1n) is 27.3. The number of halogens is 3. The van der Waals surface area contributed by atoms with Crippen molar-refractivity contribution in [2.24, 2.45) is 0 Å². The Hall–Kier alpha value is -2.05. The molecule has 9 nitrogen and oxygen atoms in total. The Morgan fingerprint density at radius 3 is 1.51 bits per heavy atom. The van der Waals surface area contributed by atoms with E-state index in [1.807, 2.05) is 24.3 Å². The summed E-state index contributed by atoms with van der Waals surface area (Å²) in [6.07, 6.45) is 42.8. The first-order chi connectivity index (χ1) is 33.4. The fourth-order valence-electron chi connectivity index (χ4n) is 7.60. The van der Waals surface area contributed by atoms with E-state index in [0.717, 1.165) is 122 Å². The van der Waals surface area contributed by atoms with E-state index in [-0.39, 0.29) is 54.1 Å². The molecule has 0 rings (SSSR count). The number of hydrogen-bond donors (Lipinski definition) is 1. The smallest absolute Gasteiger partial charge is 0.306 e. The van der Waals surface area contributed by atoms with Crippen LogP contribution in [-0.4, -0.2) is 63.6 Å². The molecule has 0 aliphatic heterocycles. The average Bonchev–Trinajstić information content (AvgIpc) is 3.33. The summed E-state index contributed by atoms with van der Waals surface area (Å²) in [6, 6.07) is 0. The summed E-state index contributed by atoms with van der Waals surface area (Å²) >= 11 is 10.9. The number of ether oxygens (including phenoxy) is 3. The zero-order valence-electron chi connectivity index (χ0n) is 43.4. The molecule has 1 N–H and O–H groups in total. The summed E-state index contributed by atoms with van der Waals surface area (Å²) in [5, 5.41) is 10.2. The number of rotatable bonds is 49. The van der Waals surface area contributed by atoms with Crippen LogP contribution in [-0.2, 0) is 38.2 Å². The molecule has 3 unspecified atom stereocenters. The summed E-state index contributed by atoms with van der Waals surface area (Å²) in [4.78, 5) is 62.9. The number of carbonyl (C=O) groups is 5. The summed E-state index contributed by atoms with van der Waals surface area (Å²) in [5.74, 6) is -0.117. The van der Waals surface area contributed by atoms with Gasteiger partial charge in [-0.1, -0.05) is 192 Å². The second-order valence-corrected chi connectivity index (χ2v) is 21.9. The molecule has 12 heteroatoms. The van der Waals surface area contributed by atoms with Gasteiger partial charge in [0.15, 0.2) is 6.10 Å². The molecule has 0 bridgehead atoms. The number of unbranched alkanes of at least 4 members (excludes halogenated alkanes) is 21. The number of allylic oxidation sites excluding steroid dienone is 8. The summed E-state index contributed by atoms with van der Waals surface area (Å²) in [7, 11) is 0. The van der Waals surface area contributed by atoms with Crippen molar-refractivity contribution in [3.63, 3.8) is 0 Å². The molecule has 0 aromatic rings. The van der Waals surface area contributed by atoms with Crippen molar-refractivity contribution in [1.82, 2.24) is 0 Å². The second kappa shape index (κ2) is 49.5. The molecular formula is C57H95Br3O9. The highest BCUT2D eigenvalue weighted by atomic mass is 79.9. The quantitative estimate of drug-likeness (QED) is 0.0120. The van der Waals surface area contributed by atoms with Crippen LogP contribution in [0.25, 0.3) is 0 Å². The van der Waals surface area contributed by atoms with Gasteiger partial charge in [0.25, 0.3) is 0 Å². The van der Waals surface area contributed by atoms with E-state index in [1.54, 1.807) is 0 Å². The Morgan fingerprint density at radius 1 is 0.478 bits per heavy atom. The van der Waals surface area contributed by atoms with Crippen molar-refractivity contribution in [1.29, 1.82) is 0 Å². The molecule has 0 aliphatic rings. The van der Waals surface area contributed by atoms with Crippen LogP contribution in [0.1, 0.15) is 252 Å². The van der Waals surface area contributed by atoms with Gasteiger partial charge in [0.2, 0.25) is 0 Å². The third-order valence-electron chi connectivity index (χ3n) is 12.0. The zero-order chi connectivity index (χ0) is 51.0. The van der Waals surface area contributed by atoms with E-state index in [4.69, 9.17) is 14.2 Å². The van der Waals surface area contributed by atoms with Crippen LogP contribution >= 0.6 is 47.8 Å². The van der Waals surface area contributed by atoms with Gasteiger partial charge in [0.1, 0.15) is 30.5 Å². The first-order valence-corrected chi connectivity index (χ1v) is 29.9. The molecule has 0 fully saturated rings. The Kier molecular flexibility index (Phi) is 48.1. The predicted octanol–water partition coefficient (Wildman–Crippen LogP) is 17.6. The van der Waals surface area contributed by atoms with Gasteiger partial charge in [-0.05, 0) is 92.6 Å². The van der Waals surface area contributed by atoms with Crippen molar-refractivity contribution in [3.8, 4) is 0 Å². The first kappa shape index (κ1) is 67.0. The summed E-state index contributed by atoms with van der Waals surface area (Å²) in [6.45, 7) is 6.18. The summed E-state index contributed by atoms with van der Waals surface area (Å²) < 4.78 is 17.4. The molecule has 0 aromatic heterocycles. The minimum absolute atomic E-state index is 0.136. The van der Waals surface area contributed by atoms with Gasteiger partial charge in [-0.15, -0.1) is 0 Å². The number of Topliss-reactive ketones (excluding diaryl/α,β-unsaturated/α-hetero) is 2. The number of aliphatic hydroxyl groups excluding tert-OH is 1. The molecule has 3 atom stereocenters. The maximum atomic E-state index is 12.9. The average molecular weight is 1160 g/mol. The van der Waals surface area contributed by atoms with E-state index in [2.05, 4.69) is 80.7 Å². The van der Waals surface area contributed by atoms with E-state index < -0.39 is 12.1 Å². The lowest BCUT2D eigenvalue weighted by molar-refractivity contribution is -0.167. The second-order valence-electron chi connectivity index (χ2n) is 18.7. The maximum Gasteiger partial charge on any atom is 0.306 e. The lowest BCUT2D eigenvalue weighted by Gasteiger charge is -2.18. The normalized spacial score (nSPS) is 13.5. The van der Waals surface area contributed by atoms with Crippen LogP contribution in [0, 0.1) is 0 Å². The molecule has 0 spiro atoms.